The molecule has 1 unspecified atom stereocenters. The highest BCUT2D eigenvalue weighted by molar-refractivity contribution is 6.53. The van der Waals surface area contributed by atoms with Gasteiger partial charge in [-0.15, -0.1) is 0 Å². The van der Waals surface area contributed by atoms with E-state index in [4.69, 9.17) is 32.9 Å². The standard InChI is InChI=1S/C13H31NO5Si.C4H8O/c1-6-15-13(5,11-10-12-14)19-20(16-7-2,17-8-3)18-9-4;1-2-4-5-3-1/h6-12,14H2,1-5H3;1-4H2. The van der Waals surface area contributed by atoms with Gasteiger partial charge in [0.1, 0.15) is 0 Å². The lowest BCUT2D eigenvalue weighted by Crippen LogP contribution is -2.55. The second-order valence-corrected chi connectivity index (χ2v) is 7.75. The van der Waals surface area contributed by atoms with Crippen LogP contribution < -0.4 is 5.73 Å². The van der Waals surface area contributed by atoms with Crippen LogP contribution in [0.2, 0.25) is 0 Å². The lowest BCUT2D eigenvalue weighted by atomic mass is 10.2. The largest absolute Gasteiger partial charge is 0.681 e. The monoisotopic (exact) mass is 381 g/mol. The molecule has 152 valence electrons. The van der Waals surface area contributed by atoms with Crippen LogP contribution in [0, 0.1) is 0 Å². The molecule has 0 aromatic heterocycles. The van der Waals surface area contributed by atoms with Crippen LogP contribution in [0.15, 0.2) is 0 Å². The molecule has 0 aromatic carbocycles. The van der Waals surface area contributed by atoms with Crippen molar-refractivity contribution in [1.82, 2.24) is 0 Å². The van der Waals surface area contributed by atoms with Crippen molar-refractivity contribution in [2.45, 2.75) is 66.1 Å². The SMILES string of the molecule is C1CCOC1.CCOC(C)(CCCN)O[Si](OCC)(OCC)OCC. The Balaban J connectivity index is 0.000000972. The molecule has 0 saturated carbocycles. The molecule has 7 nitrogen and oxygen atoms in total. The van der Waals surface area contributed by atoms with Crippen molar-refractivity contribution in [3.05, 3.63) is 0 Å². The molecule has 1 rings (SSSR count). The molecular weight excluding hydrogens is 342 g/mol. The zero-order valence-electron chi connectivity index (χ0n) is 16.8. The van der Waals surface area contributed by atoms with E-state index < -0.39 is 14.8 Å². The molecule has 1 heterocycles. The summed E-state index contributed by atoms with van der Waals surface area (Å²) in [6.45, 7) is 14.0. The normalized spacial score (nSPS) is 17.0. The van der Waals surface area contributed by atoms with Crippen LogP contribution >= 0.6 is 0 Å². The van der Waals surface area contributed by atoms with E-state index in [-0.39, 0.29) is 0 Å². The highest BCUT2D eigenvalue weighted by atomic mass is 28.4. The van der Waals surface area contributed by atoms with Gasteiger partial charge in [0.2, 0.25) is 0 Å². The third-order valence-electron chi connectivity index (χ3n) is 3.42. The third-order valence-corrected chi connectivity index (χ3v) is 6.02. The summed E-state index contributed by atoms with van der Waals surface area (Å²) in [5.41, 5.74) is 5.58. The highest BCUT2D eigenvalue weighted by Crippen LogP contribution is 2.26. The van der Waals surface area contributed by atoms with Crippen molar-refractivity contribution in [2.75, 3.05) is 46.2 Å². The Morgan fingerprint density at radius 1 is 0.920 bits per heavy atom. The molecule has 0 radical (unpaired) electrons. The molecule has 25 heavy (non-hydrogen) atoms. The smallest absolute Gasteiger partial charge is 0.381 e. The minimum absolute atomic E-state index is 0.464. The van der Waals surface area contributed by atoms with Gasteiger partial charge in [-0.1, -0.05) is 0 Å². The van der Waals surface area contributed by atoms with Gasteiger partial charge in [0.15, 0.2) is 5.79 Å². The maximum Gasteiger partial charge on any atom is 0.681 e. The van der Waals surface area contributed by atoms with E-state index in [1.54, 1.807) is 0 Å². The van der Waals surface area contributed by atoms with Gasteiger partial charge in [-0.05, 0) is 60.4 Å². The molecule has 0 aliphatic carbocycles. The summed E-state index contributed by atoms with van der Waals surface area (Å²) in [7, 11) is -3.18. The number of rotatable bonds is 13. The quantitative estimate of drug-likeness (QED) is 0.388. The van der Waals surface area contributed by atoms with Gasteiger partial charge in [0.25, 0.3) is 0 Å². The Bertz CT molecular complexity index is 282. The van der Waals surface area contributed by atoms with Gasteiger partial charge in [0.05, 0.1) is 0 Å². The van der Waals surface area contributed by atoms with Crippen LogP contribution in [0.1, 0.15) is 60.3 Å². The van der Waals surface area contributed by atoms with E-state index in [1.807, 2.05) is 34.6 Å². The van der Waals surface area contributed by atoms with E-state index in [0.717, 1.165) is 19.6 Å². The maximum atomic E-state index is 6.08. The van der Waals surface area contributed by atoms with E-state index in [0.29, 0.717) is 39.4 Å². The molecule has 2 N–H and O–H groups in total. The van der Waals surface area contributed by atoms with Gasteiger partial charge in [-0.2, -0.15) is 0 Å². The fourth-order valence-electron chi connectivity index (χ4n) is 2.40. The van der Waals surface area contributed by atoms with E-state index in [9.17, 15) is 0 Å². The average molecular weight is 382 g/mol. The fraction of sp³-hybridized carbons (Fsp3) is 1.00. The zero-order chi connectivity index (χ0) is 19.0. The summed E-state index contributed by atoms with van der Waals surface area (Å²) >= 11 is 0. The van der Waals surface area contributed by atoms with Crippen LogP contribution in [-0.4, -0.2) is 61.0 Å². The van der Waals surface area contributed by atoms with Crippen molar-refractivity contribution in [3.63, 3.8) is 0 Å². The Morgan fingerprint density at radius 3 is 1.76 bits per heavy atom. The zero-order valence-corrected chi connectivity index (χ0v) is 17.8. The molecular formula is C17H39NO6Si. The number of hydrogen-bond donors (Lipinski definition) is 1. The summed E-state index contributed by atoms with van der Waals surface area (Å²) in [6.07, 6.45) is 4.02. The maximum absolute atomic E-state index is 6.08. The van der Waals surface area contributed by atoms with Crippen molar-refractivity contribution >= 4 is 9.05 Å². The molecule has 1 atom stereocenters. The second kappa shape index (κ2) is 15.0. The summed E-state index contributed by atoms with van der Waals surface area (Å²) in [6, 6.07) is 0. The molecule has 0 bridgehead atoms. The molecule has 0 spiro atoms. The molecule has 0 aromatic rings. The van der Waals surface area contributed by atoms with Crippen molar-refractivity contribution in [2.24, 2.45) is 5.73 Å². The van der Waals surface area contributed by atoms with Crippen molar-refractivity contribution in [1.29, 1.82) is 0 Å². The predicted molar refractivity (Wildman–Crippen MR) is 100 cm³/mol. The molecule has 8 heteroatoms. The topological polar surface area (TPSA) is 81.4 Å². The summed E-state index contributed by atoms with van der Waals surface area (Å²) in [5, 5.41) is 0. The van der Waals surface area contributed by atoms with Crippen LogP contribution in [0.5, 0.6) is 0 Å². The lowest BCUT2D eigenvalue weighted by molar-refractivity contribution is -0.219. The van der Waals surface area contributed by atoms with Gasteiger partial charge >= 0.3 is 9.05 Å². The number of nitrogens with two attached hydrogens (primary N) is 1. The summed E-state index contributed by atoms with van der Waals surface area (Å²) < 4.78 is 33.9. The Kier molecular flexibility index (Phi) is 15.0. The average Bonchev–Trinajstić information content (AvgIpc) is 3.14. The van der Waals surface area contributed by atoms with Crippen LogP contribution in [0.3, 0.4) is 0 Å². The minimum Gasteiger partial charge on any atom is -0.381 e. The molecule has 0 amide bonds. The van der Waals surface area contributed by atoms with Crippen molar-refractivity contribution in [3.8, 4) is 0 Å². The first-order valence-corrected chi connectivity index (χ1v) is 11.2. The Labute approximate surface area is 154 Å². The number of hydrogen-bond acceptors (Lipinski definition) is 7. The Hall–Kier alpha value is -0.0631. The first kappa shape index (κ1) is 24.9. The van der Waals surface area contributed by atoms with Gasteiger partial charge in [0, 0.05) is 46.1 Å². The molecule has 1 fully saturated rings. The lowest BCUT2D eigenvalue weighted by Gasteiger charge is -2.37. The highest BCUT2D eigenvalue weighted by Gasteiger charge is 2.50. The van der Waals surface area contributed by atoms with Gasteiger partial charge in [-0.3, -0.25) is 0 Å². The van der Waals surface area contributed by atoms with E-state index >= 15 is 0 Å². The second-order valence-electron chi connectivity index (χ2n) is 5.68. The van der Waals surface area contributed by atoms with Gasteiger partial charge in [-0.25, -0.2) is 0 Å². The molecule has 1 aliphatic heterocycles. The molecule has 1 aliphatic rings. The minimum atomic E-state index is -3.18. The van der Waals surface area contributed by atoms with Crippen molar-refractivity contribution < 1.29 is 27.2 Å². The van der Waals surface area contributed by atoms with Crippen LogP contribution in [-0.2, 0) is 27.2 Å². The Morgan fingerprint density at radius 2 is 1.44 bits per heavy atom. The molecule has 1 saturated heterocycles. The summed E-state index contributed by atoms with van der Waals surface area (Å²) in [5.74, 6) is -0.806. The van der Waals surface area contributed by atoms with Crippen LogP contribution in [0.25, 0.3) is 0 Å². The predicted octanol–water partition coefficient (Wildman–Crippen LogP) is 2.84. The van der Waals surface area contributed by atoms with E-state index in [1.165, 1.54) is 12.8 Å². The first-order chi connectivity index (χ1) is 12.0. The first-order valence-electron chi connectivity index (χ1n) is 9.55. The summed E-state index contributed by atoms with van der Waals surface area (Å²) in [4.78, 5) is 0. The van der Waals surface area contributed by atoms with Gasteiger partial charge < -0.3 is 32.9 Å². The van der Waals surface area contributed by atoms with Crippen LogP contribution in [0.4, 0.5) is 0 Å². The fourth-order valence-corrected chi connectivity index (χ4v) is 4.58. The number of ether oxygens (including phenoxy) is 2. The van der Waals surface area contributed by atoms with E-state index in [2.05, 4.69) is 0 Å². The third kappa shape index (κ3) is 11.3.